The topological polar surface area (TPSA) is 28.2 Å². The maximum atomic E-state index is 4.93. The molecule has 1 heterocycles. The molecule has 3 heteroatoms. The van der Waals surface area contributed by atoms with Crippen molar-refractivity contribution >= 4 is 5.82 Å². The fraction of sp³-hybridized carbons (Fsp3) is 0.706. The summed E-state index contributed by atoms with van der Waals surface area (Å²) in [7, 11) is 1.99. The van der Waals surface area contributed by atoms with Crippen LogP contribution in [0.2, 0.25) is 0 Å². The Morgan fingerprint density at radius 3 is 2.35 bits per heavy atom. The third kappa shape index (κ3) is 4.20. The second-order valence-corrected chi connectivity index (χ2v) is 6.54. The number of nitrogens with one attached hydrogen (secondary N) is 1. The summed E-state index contributed by atoms with van der Waals surface area (Å²) in [5.41, 5.74) is 2.55. The standard InChI is InChI=1S/C17H31N3/c1-8-13(3)20(9-2)16-11-14(12-18-7)10-15(19-16)17(4,5)6/h10-11,13,18H,8-9,12H2,1-7H3. The van der Waals surface area contributed by atoms with Crippen LogP contribution < -0.4 is 10.2 Å². The molecule has 20 heavy (non-hydrogen) atoms. The molecule has 0 saturated carbocycles. The van der Waals surface area contributed by atoms with Gasteiger partial charge in [0.2, 0.25) is 0 Å². The predicted molar refractivity (Wildman–Crippen MR) is 88.5 cm³/mol. The van der Waals surface area contributed by atoms with Crippen molar-refractivity contribution in [3.63, 3.8) is 0 Å². The first-order chi connectivity index (χ1) is 9.33. The molecule has 3 nitrogen and oxygen atoms in total. The van der Waals surface area contributed by atoms with Gasteiger partial charge in [-0.1, -0.05) is 27.7 Å². The van der Waals surface area contributed by atoms with Crippen LogP contribution in [0.4, 0.5) is 5.82 Å². The molecule has 0 aliphatic heterocycles. The molecule has 1 N–H and O–H groups in total. The minimum absolute atomic E-state index is 0.0768. The summed E-state index contributed by atoms with van der Waals surface area (Å²) in [6.45, 7) is 15.3. The van der Waals surface area contributed by atoms with Gasteiger partial charge < -0.3 is 10.2 Å². The molecule has 0 saturated heterocycles. The lowest BCUT2D eigenvalue weighted by molar-refractivity contribution is 0.560. The normalized spacial score (nSPS) is 13.3. The van der Waals surface area contributed by atoms with Gasteiger partial charge in [0.25, 0.3) is 0 Å². The summed E-state index contributed by atoms with van der Waals surface area (Å²) in [6, 6.07) is 4.97. The zero-order valence-electron chi connectivity index (χ0n) is 14.2. The molecule has 0 aliphatic carbocycles. The molecule has 1 aromatic rings. The van der Waals surface area contributed by atoms with Crippen molar-refractivity contribution in [2.45, 2.75) is 66.0 Å². The van der Waals surface area contributed by atoms with Crippen LogP contribution in [0, 0.1) is 0 Å². The van der Waals surface area contributed by atoms with Gasteiger partial charge in [-0.15, -0.1) is 0 Å². The molecule has 1 unspecified atom stereocenters. The Morgan fingerprint density at radius 2 is 1.90 bits per heavy atom. The number of rotatable bonds is 6. The Morgan fingerprint density at radius 1 is 1.25 bits per heavy atom. The van der Waals surface area contributed by atoms with Crippen LogP contribution in [0.5, 0.6) is 0 Å². The fourth-order valence-corrected chi connectivity index (χ4v) is 2.33. The van der Waals surface area contributed by atoms with E-state index < -0.39 is 0 Å². The fourth-order valence-electron chi connectivity index (χ4n) is 2.33. The van der Waals surface area contributed by atoms with E-state index in [-0.39, 0.29) is 5.41 Å². The van der Waals surface area contributed by atoms with Crippen LogP contribution >= 0.6 is 0 Å². The highest BCUT2D eigenvalue weighted by Gasteiger charge is 2.20. The maximum Gasteiger partial charge on any atom is 0.129 e. The average molecular weight is 277 g/mol. The SMILES string of the molecule is CCC(C)N(CC)c1cc(CNC)cc(C(C)(C)C)n1. The lowest BCUT2D eigenvalue weighted by Crippen LogP contribution is -2.33. The summed E-state index contributed by atoms with van der Waals surface area (Å²) >= 11 is 0. The third-order valence-electron chi connectivity index (χ3n) is 3.78. The molecule has 0 fully saturated rings. The van der Waals surface area contributed by atoms with E-state index in [0.29, 0.717) is 6.04 Å². The van der Waals surface area contributed by atoms with Gasteiger partial charge in [0, 0.05) is 30.2 Å². The molecule has 0 aliphatic rings. The van der Waals surface area contributed by atoms with Crippen molar-refractivity contribution < 1.29 is 0 Å². The molecule has 0 bridgehead atoms. The highest BCUT2D eigenvalue weighted by atomic mass is 15.2. The number of pyridine rings is 1. The molecule has 1 rings (SSSR count). The van der Waals surface area contributed by atoms with Crippen molar-refractivity contribution in [2.24, 2.45) is 0 Å². The van der Waals surface area contributed by atoms with Crippen LogP contribution in [0.25, 0.3) is 0 Å². The number of hydrogen-bond donors (Lipinski definition) is 1. The molecular formula is C17H31N3. The van der Waals surface area contributed by atoms with E-state index in [2.05, 4.69) is 63.9 Å². The molecular weight excluding hydrogens is 246 g/mol. The van der Waals surface area contributed by atoms with Crippen LogP contribution in [-0.2, 0) is 12.0 Å². The Balaban J connectivity index is 3.26. The van der Waals surface area contributed by atoms with E-state index in [1.807, 2.05) is 7.05 Å². The Kier molecular flexibility index (Phi) is 6.00. The van der Waals surface area contributed by atoms with E-state index in [4.69, 9.17) is 4.98 Å². The Hall–Kier alpha value is -1.09. The quantitative estimate of drug-likeness (QED) is 0.859. The van der Waals surface area contributed by atoms with Gasteiger partial charge in [-0.25, -0.2) is 4.98 Å². The minimum atomic E-state index is 0.0768. The molecule has 0 radical (unpaired) electrons. The first-order valence-corrected chi connectivity index (χ1v) is 7.76. The first kappa shape index (κ1) is 17.0. The van der Waals surface area contributed by atoms with Crippen LogP contribution in [0.3, 0.4) is 0 Å². The van der Waals surface area contributed by atoms with E-state index in [1.54, 1.807) is 0 Å². The van der Waals surface area contributed by atoms with E-state index in [1.165, 1.54) is 11.3 Å². The van der Waals surface area contributed by atoms with E-state index in [0.717, 1.165) is 25.3 Å². The monoisotopic (exact) mass is 277 g/mol. The van der Waals surface area contributed by atoms with Gasteiger partial charge in [0.1, 0.15) is 5.82 Å². The third-order valence-corrected chi connectivity index (χ3v) is 3.78. The zero-order valence-corrected chi connectivity index (χ0v) is 14.2. The number of hydrogen-bond acceptors (Lipinski definition) is 3. The molecule has 0 spiro atoms. The summed E-state index contributed by atoms with van der Waals surface area (Å²) in [6.07, 6.45) is 1.14. The van der Waals surface area contributed by atoms with Crippen molar-refractivity contribution in [2.75, 3.05) is 18.5 Å². The maximum absolute atomic E-state index is 4.93. The van der Waals surface area contributed by atoms with Gasteiger partial charge in [-0.2, -0.15) is 0 Å². The molecule has 1 atom stereocenters. The summed E-state index contributed by atoms with van der Waals surface area (Å²) in [4.78, 5) is 7.32. The van der Waals surface area contributed by atoms with Gasteiger partial charge in [0.05, 0.1) is 0 Å². The number of aromatic nitrogens is 1. The molecule has 0 aromatic carbocycles. The second-order valence-electron chi connectivity index (χ2n) is 6.54. The van der Waals surface area contributed by atoms with Crippen LogP contribution in [0.1, 0.15) is 59.2 Å². The van der Waals surface area contributed by atoms with Crippen LogP contribution in [-0.4, -0.2) is 24.6 Å². The molecule has 114 valence electrons. The summed E-state index contributed by atoms with van der Waals surface area (Å²) < 4.78 is 0. The van der Waals surface area contributed by atoms with Gasteiger partial charge >= 0.3 is 0 Å². The van der Waals surface area contributed by atoms with Crippen molar-refractivity contribution in [3.8, 4) is 0 Å². The highest BCUT2D eigenvalue weighted by molar-refractivity contribution is 5.44. The van der Waals surface area contributed by atoms with E-state index >= 15 is 0 Å². The lowest BCUT2D eigenvalue weighted by atomic mass is 9.90. The van der Waals surface area contributed by atoms with Gasteiger partial charge in [0.15, 0.2) is 0 Å². The lowest BCUT2D eigenvalue weighted by Gasteiger charge is -2.30. The minimum Gasteiger partial charge on any atom is -0.354 e. The van der Waals surface area contributed by atoms with Crippen molar-refractivity contribution in [1.29, 1.82) is 0 Å². The molecule has 1 aromatic heterocycles. The highest BCUT2D eigenvalue weighted by Crippen LogP contribution is 2.26. The Labute approximate surface area is 124 Å². The number of nitrogens with zero attached hydrogens (tertiary/aromatic N) is 2. The van der Waals surface area contributed by atoms with Crippen molar-refractivity contribution in [3.05, 3.63) is 23.4 Å². The van der Waals surface area contributed by atoms with Gasteiger partial charge in [-0.3, -0.25) is 0 Å². The van der Waals surface area contributed by atoms with Crippen LogP contribution in [0.15, 0.2) is 12.1 Å². The second kappa shape index (κ2) is 7.07. The molecule has 0 amide bonds. The largest absolute Gasteiger partial charge is 0.354 e. The average Bonchev–Trinajstić information content (AvgIpc) is 2.38. The smallest absolute Gasteiger partial charge is 0.129 e. The van der Waals surface area contributed by atoms with E-state index in [9.17, 15) is 0 Å². The predicted octanol–water partition coefficient (Wildman–Crippen LogP) is 3.72. The summed E-state index contributed by atoms with van der Waals surface area (Å²) in [5.74, 6) is 1.11. The number of anilines is 1. The summed E-state index contributed by atoms with van der Waals surface area (Å²) in [5, 5.41) is 3.24. The Bertz CT molecular complexity index is 421. The zero-order chi connectivity index (χ0) is 15.3. The van der Waals surface area contributed by atoms with Crippen molar-refractivity contribution in [1.82, 2.24) is 10.3 Å². The van der Waals surface area contributed by atoms with Gasteiger partial charge in [-0.05, 0) is 45.0 Å². The first-order valence-electron chi connectivity index (χ1n) is 7.76.